The average molecular weight is 471 g/mol. The fourth-order valence-electron chi connectivity index (χ4n) is 2.54. The van der Waals surface area contributed by atoms with Crippen LogP contribution in [-0.2, 0) is 0 Å². The molecule has 1 aromatic heterocycles. The van der Waals surface area contributed by atoms with Crippen LogP contribution in [0.1, 0.15) is 79.3 Å². The number of hydrogen-bond acceptors (Lipinski definition) is 3. The first-order chi connectivity index (χ1) is 16.2. The van der Waals surface area contributed by atoms with Crippen molar-refractivity contribution in [3.05, 3.63) is 79.0 Å². The van der Waals surface area contributed by atoms with Gasteiger partial charge >= 0.3 is 0 Å². The summed E-state index contributed by atoms with van der Waals surface area (Å²) in [5.74, 6) is 1.74. The molecule has 4 nitrogen and oxygen atoms in total. The topological polar surface area (TPSA) is 49.6 Å². The molecular formula is C29H47FN4. The lowest BCUT2D eigenvalue weighted by Crippen LogP contribution is -2.33. The van der Waals surface area contributed by atoms with Gasteiger partial charge in [-0.05, 0) is 49.5 Å². The molecule has 1 heterocycles. The average Bonchev–Trinajstić information content (AvgIpc) is 2.82. The summed E-state index contributed by atoms with van der Waals surface area (Å²) in [4.78, 5) is 13.4. The first-order valence-electron chi connectivity index (χ1n) is 12.2. The molecule has 5 heteroatoms. The number of hydrogen-bond donors (Lipinski definition) is 1. The smallest absolute Gasteiger partial charge is 0.152 e. The van der Waals surface area contributed by atoms with Gasteiger partial charge in [0.25, 0.3) is 0 Å². The molecule has 0 aliphatic rings. The number of aliphatic imine (C=N–C) groups is 2. The molecule has 1 aromatic rings. The van der Waals surface area contributed by atoms with E-state index in [1.165, 1.54) is 31.8 Å². The molecule has 1 atom stereocenters. The molecular weight excluding hydrogens is 423 g/mol. The van der Waals surface area contributed by atoms with Crippen molar-refractivity contribution in [2.75, 3.05) is 13.6 Å². The summed E-state index contributed by atoms with van der Waals surface area (Å²) < 4.78 is 12.0. The van der Waals surface area contributed by atoms with Gasteiger partial charge in [0.05, 0.1) is 0 Å². The van der Waals surface area contributed by atoms with E-state index in [2.05, 4.69) is 62.7 Å². The lowest BCUT2D eigenvalue weighted by atomic mass is 10.00. The number of halogens is 1. The van der Waals surface area contributed by atoms with Gasteiger partial charge in [0, 0.05) is 19.8 Å². The van der Waals surface area contributed by atoms with Crippen LogP contribution < -0.4 is 5.32 Å². The zero-order valence-corrected chi connectivity index (χ0v) is 22.6. The van der Waals surface area contributed by atoms with Crippen molar-refractivity contribution in [3.63, 3.8) is 0 Å². The zero-order valence-electron chi connectivity index (χ0n) is 22.6. The van der Waals surface area contributed by atoms with Crippen molar-refractivity contribution in [1.82, 2.24) is 10.3 Å². The Morgan fingerprint density at radius 2 is 1.82 bits per heavy atom. The Hall–Kier alpha value is -2.82. The van der Waals surface area contributed by atoms with E-state index in [-0.39, 0.29) is 0 Å². The van der Waals surface area contributed by atoms with Gasteiger partial charge in [-0.1, -0.05) is 91.3 Å². The third kappa shape index (κ3) is 16.8. The Morgan fingerprint density at radius 3 is 2.21 bits per heavy atom. The van der Waals surface area contributed by atoms with Gasteiger partial charge in [-0.15, -0.1) is 0 Å². The fraction of sp³-hybridized carbons (Fsp3) is 0.483. The summed E-state index contributed by atoms with van der Waals surface area (Å²) in [5, 5.41) is 3.29. The van der Waals surface area contributed by atoms with Gasteiger partial charge in [-0.3, -0.25) is 15.0 Å². The van der Waals surface area contributed by atoms with Crippen LogP contribution in [-0.4, -0.2) is 30.2 Å². The van der Waals surface area contributed by atoms with E-state index < -0.39 is 5.83 Å². The molecule has 1 rings (SSSR count). The summed E-state index contributed by atoms with van der Waals surface area (Å²) >= 11 is 0. The van der Waals surface area contributed by atoms with Crippen molar-refractivity contribution >= 4 is 11.7 Å². The quantitative estimate of drug-likeness (QED) is 0.212. The molecule has 0 spiro atoms. The van der Waals surface area contributed by atoms with E-state index in [9.17, 15) is 4.39 Å². The second kappa shape index (κ2) is 22.0. The van der Waals surface area contributed by atoms with E-state index >= 15 is 0 Å². The third-order valence-electron chi connectivity index (χ3n) is 4.62. The summed E-state index contributed by atoms with van der Waals surface area (Å²) in [6, 6.07) is 5.77. The van der Waals surface area contributed by atoms with Crippen LogP contribution in [0.2, 0.25) is 0 Å². The van der Waals surface area contributed by atoms with Crippen LogP contribution in [0.4, 0.5) is 4.39 Å². The summed E-state index contributed by atoms with van der Waals surface area (Å²) in [7, 11) is 1.75. The number of rotatable bonds is 10. The van der Waals surface area contributed by atoms with Crippen LogP contribution in [0.25, 0.3) is 0 Å². The van der Waals surface area contributed by atoms with Crippen molar-refractivity contribution < 1.29 is 4.39 Å². The van der Waals surface area contributed by atoms with E-state index in [1.807, 2.05) is 25.1 Å². The van der Waals surface area contributed by atoms with Gasteiger partial charge in [0.1, 0.15) is 17.4 Å². The van der Waals surface area contributed by atoms with Crippen LogP contribution in [0, 0.1) is 5.92 Å². The highest BCUT2D eigenvalue weighted by molar-refractivity contribution is 6.13. The maximum atomic E-state index is 12.0. The standard InChI is InChI=1S/C19H30N4.C7H9F.C3H8/c1-6-8-11-16(7-2)14-22-18(15(3)4)23-19(20-5)17-12-9-10-13-21-17;1-4-5-6(2)7(3)8;1-3-2/h9-10,12-13,16H,3,6-8,11,14H2,1-2,4-5H3,(H,20,22,23);4-5H,1,3H2,2H3;3H2,1-2H3/b;6-5-;. The Bertz CT molecular complexity index is 792. The Kier molecular flexibility index (Phi) is 21.6. The van der Waals surface area contributed by atoms with Gasteiger partial charge in [0.2, 0.25) is 0 Å². The van der Waals surface area contributed by atoms with Gasteiger partial charge < -0.3 is 5.32 Å². The van der Waals surface area contributed by atoms with Crippen molar-refractivity contribution in [3.8, 4) is 0 Å². The summed E-state index contributed by atoms with van der Waals surface area (Å²) in [5.41, 5.74) is 2.24. The molecule has 0 fully saturated rings. The molecule has 0 aliphatic carbocycles. The molecule has 1 unspecified atom stereocenters. The van der Waals surface area contributed by atoms with Crippen LogP contribution in [0.5, 0.6) is 0 Å². The molecule has 0 aliphatic heterocycles. The highest BCUT2D eigenvalue weighted by atomic mass is 19.1. The molecule has 0 saturated carbocycles. The maximum Gasteiger partial charge on any atom is 0.152 e. The van der Waals surface area contributed by atoms with E-state index in [0.29, 0.717) is 17.3 Å². The number of nitrogens with zero attached hydrogens (tertiary/aromatic N) is 3. The second-order valence-electron chi connectivity index (χ2n) is 8.00. The Balaban J connectivity index is 0. The molecule has 0 saturated heterocycles. The third-order valence-corrected chi connectivity index (χ3v) is 4.62. The van der Waals surface area contributed by atoms with Crippen LogP contribution in [0.3, 0.4) is 0 Å². The van der Waals surface area contributed by atoms with Crippen LogP contribution in [0.15, 0.2) is 83.2 Å². The van der Waals surface area contributed by atoms with E-state index in [4.69, 9.17) is 4.99 Å². The lowest BCUT2D eigenvalue weighted by Gasteiger charge is -2.15. The number of amidine groups is 2. The maximum absolute atomic E-state index is 12.0. The highest BCUT2D eigenvalue weighted by Crippen LogP contribution is 2.13. The minimum Gasteiger partial charge on any atom is -0.324 e. The molecule has 0 aromatic carbocycles. The lowest BCUT2D eigenvalue weighted by molar-refractivity contribution is 0.462. The van der Waals surface area contributed by atoms with Crippen molar-refractivity contribution in [2.45, 2.75) is 73.6 Å². The number of nitrogens with one attached hydrogen (secondary N) is 1. The largest absolute Gasteiger partial charge is 0.324 e. The molecule has 0 amide bonds. The fourth-order valence-corrected chi connectivity index (χ4v) is 2.54. The summed E-state index contributed by atoms with van der Waals surface area (Å²) in [6.45, 7) is 23.7. The van der Waals surface area contributed by atoms with Gasteiger partial charge in [-0.2, -0.15) is 0 Å². The SMILES string of the molecule is C=C(C)C(=NCC(CC)CCCC)NC(=NC)c1ccccn1.C=C/C=C(/C)C(=C)F.CCC. The molecule has 0 bridgehead atoms. The Labute approximate surface area is 208 Å². The van der Waals surface area contributed by atoms with Crippen LogP contribution >= 0.6 is 0 Å². The second-order valence-corrected chi connectivity index (χ2v) is 8.00. The molecule has 190 valence electrons. The monoisotopic (exact) mass is 470 g/mol. The summed E-state index contributed by atoms with van der Waals surface area (Å²) in [6.07, 6.45) is 11.0. The molecule has 1 N–H and O–H groups in total. The first-order valence-corrected chi connectivity index (χ1v) is 12.2. The van der Waals surface area contributed by atoms with E-state index in [0.717, 1.165) is 30.1 Å². The number of aromatic nitrogens is 1. The number of pyridine rings is 1. The number of allylic oxidation sites excluding steroid dienone is 4. The Morgan fingerprint density at radius 1 is 1.18 bits per heavy atom. The predicted octanol–water partition coefficient (Wildman–Crippen LogP) is 8.26. The van der Waals surface area contributed by atoms with Crippen molar-refractivity contribution in [2.24, 2.45) is 15.9 Å². The molecule has 0 radical (unpaired) electrons. The number of unbranched alkanes of at least 4 members (excludes halogenated alkanes) is 1. The van der Waals surface area contributed by atoms with Crippen molar-refractivity contribution in [1.29, 1.82) is 0 Å². The highest BCUT2D eigenvalue weighted by Gasteiger charge is 2.10. The minimum absolute atomic E-state index is 0.398. The predicted molar refractivity (Wildman–Crippen MR) is 150 cm³/mol. The van der Waals surface area contributed by atoms with Gasteiger partial charge in [0.15, 0.2) is 5.84 Å². The van der Waals surface area contributed by atoms with E-state index in [1.54, 1.807) is 26.2 Å². The normalized spacial score (nSPS) is 12.4. The zero-order chi connectivity index (χ0) is 26.4. The first kappa shape index (κ1) is 33.4. The molecule has 34 heavy (non-hydrogen) atoms. The van der Waals surface area contributed by atoms with Gasteiger partial charge in [-0.25, -0.2) is 4.39 Å². The minimum atomic E-state index is -0.398.